The Morgan fingerprint density at radius 2 is 1.44 bits per heavy atom. The maximum absolute atomic E-state index is 10.1. The van der Waals surface area contributed by atoms with Crippen molar-refractivity contribution in [3.05, 3.63) is 0 Å². The second kappa shape index (κ2) is 1.44. The molecule has 1 aliphatic rings. The lowest BCUT2D eigenvalue weighted by Crippen LogP contribution is -2.37. The van der Waals surface area contributed by atoms with Gasteiger partial charge in [-0.1, -0.05) is 0 Å². The Labute approximate surface area is 50.7 Å². The van der Waals surface area contributed by atoms with E-state index in [2.05, 4.69) is 0 Å². The van der Waals surface area contributed by atoms with Gasteiger partial charge in [0.25, 0.3) is 0 Å². The van der Waals surface area contributed by atoms with E-state index in [1.165, 1.54) is 0 Å². The minimum absolute atomic E-state index is 0.213. The first-order valence-corrected chi connectivity index (χ1v) is 2.44. The smallest absolute Gasteiger partial charge is 0.435 e. The fraction of sp³-hybridized carbons (Fsp3) is 0.500. The van der Waals surface area contributed by atoms with E-state index in [0.717, 1.165) is 0 Å². The Hall–Kier alpha value is -1.10. The molecule has 0 radical (unpaired) electrons. The Morgan fingerprint density at radius 3 is 1.44 bits per heavy atom. The van der Waals surface area contributed by atoms with Crippen LogP contribution in [0.25, 0.3) is 0 Å². The van der Waals surface area contributed by atoms with Crippen LogP contribution in [0.15, 0.2) is 0 Å². The van der Waals surface area contributed by atoms with Crippen LogP contribution < -0.4 is 0 Å². The first kappa shape index (κ1) is 6.03. The van der Waals surface area contributed by atoms with Crippen LogP contribution >= 0.6 is 0 Å². The first-order chi connectivity index (χ1) is 4.09. The van der Waals surface area contributed by atoms with Gasteiger partial charge in [-0.15, -0.1) is 4.48 Å². The molecule has 5 heteroatoms. The quantitative estimate of drug-likeness (QED) is 0.364. The largest absolute Gasteiger partial charge is 0.524 e. The molecular weight excluding hydrogens is 126 g/mol. The van der Waals surface area contributed by atoms with Crippen molar-refractivity contribution in [3.8, 4) is 0 Å². The fourth-order valence-corrected chi connectivity index (χ4v) is 0.564. The molecule has 1 aliphatic heterocycles. The van der Waals surface area contributed by atoms with Crippen LogP contribution in [0.1, 0.15) is 0 Å². The second-order valence-electron chi connectivity index (χ2n) is 1.98. The summed E-state index contributed by atoms with van der Waals surface area (Å²) in [6, 6.07) is 0. The average molecular weight is 132 g/mol. The van der Waals surface area contributed by atoms with Crippen LogP contribution in [-0.2, 0) is 0 Å². The van der Waals surface area contributed by atoms with E-state index in [4.69, 9.17) is 10.2 Å². The predicted octanol–water partition coefficient (Wildman–Crippen LogP) is 0.173. The van der Waals surface area contributed by atoms with Gasteiger partial charge in [-0.3, -0.25) is 0 Å². The third kappa shape index (κ3) is 0.655. The Kier molecular flexibility index (Phi) is 0.967. The van der Waals surface area contributed by atoms with Gasteiger partial charge in [0.2, 0.25) is 0 Å². The van der Waals surface area contributed by atoms with Gasteiger partial charge in [-0.2, -0.15) is 9.59 Å². The van der Waals surface area contributed by atoms with Crippen LogP contribution in [0.4, 0.5) is 9.59 Å². The van der Waals surface area contributed by atoms with Crippen molar-refractivity contribution in [3.63, 3.8) is 0 Å². The molecule has 0 spiro atoms. The second-order valence-corrected chi connectivity index (χ2v) is 1.98. The number of carbonyl (C=O) groups is 2. The Balaban J connectivity index is 2.75. The number of hydrogen-bond acceptors (Lipinski definition) is 2. The van der Waals surface area contributed by atoms with Gasteiger partial charge in [0, 0.05) is 0 Å². The summed E-state index contributed by atoms with van der Waals surface area (Å²) < 4.78 is -0.806. The molecule has 2 amide bonds. The monoisotopic (exact) mass is 132 g/mol. The van der Waals surface area contributed by atoms with Gasteiger partial charge in [0.15, 0.2) is 13.1 Å². The topological polar surface area (TPSA) is 74.6 Å². The molecule has 0 aromatic carbocycles. The van der Waals surface area contributed by atoms with Crippen LogP contribution in [-0.4, -0.2) is 40.0 Å². The van der Waals surface area contributed by atoms with Crippen molar-refractivity contribution in [1.82, 2.24) is 0 Å². The molecule has 0 aliphatic carbocycles. The SMILES string of the molecule is O=C(O)[N+]1(C(=O)O)CC1. The number of carboxylic acid groups (broad SMARTS) is 2. The molecule has 2 N–H and O–H groups in total. The predicted molar refractivity (Wildman–Crippen MR) is 26.0 cm³/mol. The number of rotatable bonds is 0. The summed E-state index contributed by atoms with van der Waals surface area (Å²) in [6.45, 7) is 0.426. The zero-order valence-electron chi connectivity index (χ0n) is 4.57. The van der Waals surface area contributed by atoms with Gasteiger partial charge in [0.05, 0.1) is 0 Å². The van der Waals surface area contributed by atoms with Crippen LogP contribution in [0.5, 0.6) is 0 Å². The molecule has 1 saturated heterocycles. The number of amides is 2. The van der Waals surface area contributed by atoms with Crippen molar-refractivity contribution < 1.29 is 24.3 Å². The molecule has 0 aromatic rings. The van der Waals surface area contributed by atoms with Gasteiger partial charge in [0.1, 0.15) is 0 Å². The number of hydrogen-bond donors (Lipinski definition) is 2. The maximum Gasteiger partial charge on any atom is 0.524 e. The number of imide groups is 1. The summed E-state index contributed by atoms with van der Waals surface area (Å²) in [4.78, 5) is 20.2. The molecule has 9 heavy (non-hydrogen) atoms. The normalized spacial score (nSPS) is 20.9. The van der Waals surface area contributed by atoms with Gasteiger partial charge in [-0.05, 0) is 0 Å². The molecule has 50 valence electrons. The highest BCUT2D eigenvalue weighted by molar-refractivity contribution is 5.75. The van der Waals surface area contributed by atoms with E-state index in [1.807, 2.05) is 0 Å². The Bertz CT molecular complexity index is 155. The van der Waals surface area contributed by atoms with E-state index in [1.54, 1.807) is 0 Å². The van der Waals surface area contributed by atoms with Crippen molar-refractivity contribution in [2.75, 3.05) is 13.1 Å². The van der Waals surface area contributed by atoms with Crippen molar-refractivity contribution in [2.45, 2.75) is 0 Å². The molecule has 1 heterocycles. The summed E-state index contributed by atoms with van der Waals surface area (Å²) >= 11 is 0. The highest BCUT2D eigenvalue weighted by Crippen LogP contribution is 2.21. The maximum atomic E-state index is 10.1. The summed E-state index contributed by atoms with van der Waals surface area (Å²) in [6.07, 6.45) is -2.55. The molecular formula is C4H6NO4+. The highest BCUT2D eigenvalue weighted by atomic mass is 16.5. The van der Waals surface area contributed by atoms with E-state index < -0.39 is 16.7 Å². The van der Waals surface area contributed by atoms with Crippen molar-refractivity contribution in [1.29, 1.82) is 0 Å². The lowest BCUT2D eigenvalue weighted by molar-refractivity contribution is -0.640. The van der Waals surface area contributed by atoms with Gasteiger partial charge >= 0.3 is 12.2 Å². The highest BCUT2D eigenvalue weighted by Gasteiger charge is 2.58. The number of nitrogens with zero attached hydrogens (tertiary/aromatic N) is 1. The van der Waals surface area contributed by atoms with Gasteiger partial charge in [-0.25, -0.2) is 0 Å². The summed E-state index contributed by atoms with van der Waals surface area (Å²) in [5.41, 5.74) is 0. The van der Waals surface area contributed by atoms with Crippen LogP contribution in [0.3, 0.4) is 0 Å². The molecule has 0 unspecified atom stereocenters. The molecule has 1 fully saturated rings. The van der Waals surface area contributed by atoms with Crippen LogP contribution in [0.2, 0.25) is 0 Å². The third-order valence-corrected chi connectivity index (χ3v) is 1.40. The minimum Gasteiger partial charge on any atom is -0.435 e. The van der Waals surface area contributed by atoms with E-state index >= 15 is 0 Å². The molecule has 1 rings (SSSR count). The average Bonchev–Trinajstić information content (AvgIpc) is 2.40. The molecule has 0 atom stereocenters. The lowest BCUT2D eigenvalue weighted by atomic mass is 10.8. The van der Waals surface area contributed by atoms with E-state index in [9.17, 15) is 9.59 Å². The van der Waals surface area contributed by atoms with E-state index in [0.29, 0.717) is 0 Å². The summed E-state index contributed by atoms with van der Waals surface area (Å²) in [5.74, 6) is 0. The summed E-state index contributed by atoms with van der Waals surface area (Å²) in [5, 5.41) is 16.5. The van der Waals surface area contributed by atoms with Gasteiger partial charge < -0.3 is 10.2 Å². The third-order valence-electron chi connectivity index (χ3n) is 1.40. The lowest BCUT2D eigenvalue weighted by Gasteiger charge is -1.99. The van der Waals surface area contributed by atoms with E-state index in [-0.39, 0.29) is 13.1 Å². The van der Waals surface area contributed by atoms with Crippen LogP contribution in [0, 0.1) is 0 Å². The molecule has 0 bridgehead atoms. The zero-order valence-corrected chi connectivity index (χ0v) is 4.57. The van der Waals surface area contributed by atoms with Crippen molar-refractivity contribution >= 4 is 12.2 Å². The first-order valence-electron chi connectivity index (χ1n) is 2.44. The fourth-order valence-electron chi connectivity index (χ4n) is 0.564. The minimum atomic E-state index is -1.28. The summed E-state index contributed by atoms with van der Waals surface area (Å²) in [7, 11) is 0. The molecule has 0 aromatic heterocycles. The molecule has 0 saturated carbocycles. The zero-order chi connectivity index (χ0) is 7.07. The Morgan fingerprint density at radius 1 is 1.11 bits per heavy atom. The number of quaternary nitrogens is 1. The van der Waals surface area contributed by atoms with Crippen molar-refractivity contribution in [2.24, 2.45) is 0 Å². The molecule has 5 nitrogen and oxygen atoms in total. The standard InChI is InChI=1S/C4H5NO4/c6-3(7)5(1-2-5)4(8)9/h1-2H2,(H-,6,7,8,9)/p+1.